The molecular weight excluding hydrogens is 404 g/mol. The summed E-state index contributed by atoms with van der Waals surface area (Å²) in [6.07, 6.45) is 2.43. The number of nitrogens with zero attached hydrogens (tertiary/aromatic N) is 2. The van der Waals surface area contributed by atoms with Gasteiger partial charge in [-0.1, -0.05) is 13.8 Å². The van der Waals surface area contributed by atoms with Gasteiger partial charge in [-0.2, -0.15) is 5.10 Å². The summed E-state index contributed by atoms with van der Waals surface area (Å²) in [4.78, 5) is 46.4. The zero-order valence-electron chi connectivity index (χ0n) is 17.5. The number of amides is 2. The van der Waals surface area contributed by atoms with Crippen molar-refractivity contribution < 1.29 is 9.59 Å². The highest BCUT2D eigenvalue weighted by molar-refractivity contribution is 7.18. The van der Waals surface area contributed by atoms with Crippen LogP contribution in [0.25, 0.3) is 10.2 Å². The summed E-state index contributed by atoms with van der Waals surface area (Å²) in [6, 6.07) is 0.969. The summed E-state index contributed by atoms with van der Waals surface area (Å²) in [5, 5.41) is 12.6. The number of nitrogens with one attached hydrogen (secondary N) is 4. The van der Waals surface area contributed by atoms with Gasteiger partial charge in [0.05, 0.1) is 11.6 Å². The van der Waals surface area contributed by atoms with E-state index in [1.165, 1.54) is 17.5 Å². The van der Waals surface area contributed by atoms with Crippen molar-refractivity contribution in [1.82, 2.24) is 25.5 Å². The number of aromatic amines is 2. The first-order valence-electron chi connectivity index (χ1n) is 9.83. The van der Waals surface area contributed by atoms with Gasteiger partial charge in [-0.05, 0) is 31.7 Å². The third kappa shape index (κ3) is 5.12. The number of rotatable bonds is 8. The van der Waals surface area contributed by atoms with Crippen LogP contribution in [0.15, 0.2) is 17.1 Å². The van der Waals surface area contributed by atoms with Crippen LogP contribution >= 0.6 is 11.3 Å². The summed E-state index contributed by atoms with van der Waals surface area (Å²) in [7, 11) is 0. The quantitative estimate of drug-likeness (QED) is 0.436. The maximum atomic E-state index is 12.5. The second-order valence-corrected chi connectivity index (χ2v) is 8.89. The zero-order chi connectivity index (χ0) is 21.8. The Balaban J connectivity index is 1.64. The number of hydrogen-bond acceptors (Lipinski definition) is 6. The summed E-state index contributed by atoms with van der Waals surface area (Å²) < 4.78 is 0. The Morgan fingerprint density at radius 3 is 2.70 bits per heavy atom. The first-order valence-corrected chi connectivity index (χ1v) is 10.6. The molecule has 0 saturated heterocycles. The molecule has 3 rings (SSSR count). The Morgan fingerprint density at radius 1 is 1.27 bits per heavy atom. The minimum atomic E-state index is -0.669. The van der Waals surface area contributed by atoms with Crippen LogP contribution in [0.5, 0.6) is 0 Å². The number of thiophene rings is 1. The Labute approximate surface area is 177 Å². The van der Waals surface area contributed by atoms with E-state index in [-0.39, 0.29) is 36.1 Å². The van der Waals surface area contributed by atoms with E-state index in [0.29, 0.717) is 28.3 Å². The second-order valence-electron chi connectivity index (χ2n) is 7.69. The molecule has 3 aromatic heterocycles. The highest BCUT2D eigenvalue weighted by Crippen LogP contribution is 2.25. The molecule has 0 aliphatic carbocycles. The molecule has 0 bridgehead atoms. The van der Waals surface area contributed by atoms with E-state index in [2.05, 4.69) is 30.8 Å². The van der Waals surface area contributed by atoms with Crippen LogP contribution in [0.3, 0.4) is 0 Å². The average molecular weight is 431 g/mol. The maximum Gasteiger partial charge on any atom is 0.259 e. The molecule has 0 aliphatic heterocycles. The minimum Gasteiger partial charge on any atom is -0.344 e. The number of carbonyl (C=O) groups is 2. The largest absolute Gasteiger partial charge is 0.344 e. The SMILES string of the molecule is Cc1sc2nc(CCC(=O)NC(CC(C)C)C(=O)Nc3ccn[nH]3)[nH]c(=O)c2c1C. The number of aromatic nitrogens is 4. The molecule has 1 atom stereocenters. The Hall–Kier alpha value is -3.01. The number of aryl methyl sites for hydroxylation is 3. The van der Waals surface area contributed by atoms with E-state index in [4.69, 9.17) is 0 Å². The Bertz CT molecular complexity index is 1100. The number of anilines is 1. The number of hydrogen-bond donors (Lipinski definition) is 4. The molecule has 1 unspecified atom stereocenters. The van der Waals surface area contributed by atoms with Gasteiger partial charge in [0.1, 0.15) is 22.5 Å². The van der Waals surface area contributed by atoms with Crippen LogP contribution in [0, 0.1) is 19.8 Å². The lowest BCUT2D eigenvalue weighted by molar-refractivity contribution is -0.126. The molecule has 0 radical (unpaired) electrons. The fourth-order valence-corrected chi connectivity index (χ4v) is 4.21. The maximum absolute atomic E-state index is 12.5. The predicted molar refractivity (Wildman–Crippen MR) is 117 cm³/mol. The highest BCUT2D eigenvalue weighted by Gasteiger charge is 2.22. The summed E-state index contributed by atoms with van der Waals surface area (Å²) in [5.74, 6) is 0.569. The van der Waals surface area contributed by atoms with Crippen molar-refractivity contribution in [3.8, 4) is 0 Å². The van der Waals surface area contributed by atoms with E-state index in [1.54, 1.807) is 6.07 Å². The van der Waals surface area contributed by atoms with E-state index >= 15 is 0 Å². The van der Waals surface area contributed by atoms with Gasteiger partial charge in [0.25, 0.3) is 5.56 Å². The lowest BCUT2D eigenvalue weighted by atomic mass is 10.0. The molecule has 160 valence electrons. The number of H-pyrrole nitrogens is 2. The topological polar surface area (TPSA) is 133 Å². The molecule has 0 aromatic carbocycles. The van der Waals surface area contributed by atoms with Crippen LogP contribution in [0.1, 0.15) is 43.0 Å². The van der Waals surface area contributed by atoms with E-state index in [1.807, 2.05) is 27.7 Å². The smallest absolute Gasteiger partial charge is 0.259 e. The molecule has 10 heteroatoms. The Kier molecular flexibility index (Phi) is 6.66. The number of carbonyl (C=O) groups excluding carboxylic acids is 2. The molecule has 0 spiro atoms. The van der Waals surface area contributed by atoms with Gasteiger partial charge >= 0.3 is 0 Å². The van der Waals surface area contributed by atoms with Crippen molar-refractivity contribution in [2.24, 2.45) is 5.92 Å². The van der Waals surface area contributed by atoms with Gasteiger partial charge in [0.2, 0.25) is 11.8 Å². The van der Waals surface area contributed by atoms with Gasteiger partial charge in [-0.15, -0.1) is 11.3 Å². The van der Waals surface area contributed by atoms with Gasteiger partial charge in [-0.25, -0.2) is 4.98 Å². The van der Waals surface area contributed by atoms with Gasteiger partial charge < -0.3 is 15.6 Å². The molecule has 3 aromatic rings. The molecule has 3 heterocycles. The Morgan fingerprint density at radius 2 is 2.03 bits per heavy atom. The predicted octanol–water partition coefficient (Wildman–Crippen LogP) is 2.43. The lowest BCUT2D eigenvalue weighted by Crippen LogP contribution is -2.44. The molecule has 4 N–H and O–H groups in total. The van der Waals surface area contributed by atoms with Crippen LogP contribution in [0.4, 0.5) is 5.82 Å². The third-order valence-corrected chi connectivity index (χ3v) is 5.90. The first-order chi connectivity index (χ1) is 14.2. The fraction of sp³-hybridized carbons (Fsp3) is 0.450. The average Bonchev–Trinajstić information content (AvgIpc) is 3.27. The first kappa shape index (κ1) is 21.7. The van der Waals surface area contributed by atoms with Crippen LogP contribution < -0.4 is 16.2 Å². The van der Waals surface area contributed by atoms with Gasteiger partial charge in [0, 0.05) is 23.8 Å². The monoisotopic (exact) mass is 430 g/mol. The molecule has 2 amide bonds. The lowest BCUT2D eigenvalue weighted by Gasteiger charge is -2.19. The van der Waals surface area contributed by atoms with E-state index in [0.717, 1.165) is 10.4 Å². The van der Waals surface area contributed by atoms with Crippen molar-refractivity contribution in [1.29, 1.82) is 0 Å². The minimum absolute atomic E-state index is 0.115. The van der Waals surface area contributed by atoms with E-state index in [9.17, 15) is 14.4 Å². The molecule has 0 aliphatic rings. The highest BCUT2D eigenvalue weighted by atomic mass is 32.1. The van der Waals surface area contributed by atoms with Gasteiger partial charge in [-0.3, -0.25) is 19.5 Å². The van der Waals surface area contributed by atoms with Crippen molar-refractivity contribution in [3.63, 3.8) is 0 Å². The molecular formula is C20H26N6O3S. The van der Waals surface area contributed by atoms with Crippen LogP contribution in [-0.4, -0.2) is 38.0 Å². The van der Waals surface area contributed by atoms with E-state index < -0.39 is 6.04 Å². The zero-order valence-corrected chi connectivity index (χ0v) is 18.3. The molecule has 0 saturated carbocycles. The standard InChI is InChI=1S/C20H26N6O3S/c1-10(2)9-13(18(28)24-15-7-8-21-26-15)22-16(27)6-5-14-23-19(29)17-11(3)12(4)30-20(17)25-14/h7-8,10,13H,5-6,9H2,1-4H3,(H,22,27)(H,23,25,29)(H2,21,24,26,28). The van der Waals surface area contributed by atoms with Crippen LogP contribution in [-0.2, 0) is 16.0 Å². The molecule has 0 fully saturated rings. The summed E-state index contributed by atoms with van der Waals surface area (Å²) in [5.41, 5.74) is 0.752. The van der Waals surface area contributed by atoms with Crippen molar-refractivity contribution >= 4 is 39.2 Å². The van der Waals surface area contributed by atoms with Gasteiger partial charge in [0.15, 0.2) is 0 Å². The third-order valence-electron chi connectivity index (χ3n) is 4.79. The number of fused-ring (bicyclic) bond motifs is 1. The van der Waals surface area contributed by atoms with Crippen LogP contribution in [0.2, 0.25) is 0 Å². The second kappa shape index (κ2) is 9.21. The summed E-state index contributed by atoms with van der Waals surface area (Å²) in [6.45, 7) is 7.83. The van der Waals surface area contributed by atoms with Crippen molar-refractivity contribution in [3.05, 3.63) is 38.9 Å². The normalized spacial score (nSPS) is 12.3. The molecule has 9 nitrogen and oxygen atoms in total. The fourth-order valence-electron chi connectivity index (χ4n) is 3.16. The molecule has 30 heavy (non-hydrogen) atoms. The summed E-state index contributed by atoms with van der Waals surface area (Å²) >= 11 is 1.47. The van der Waals surface area contributed by atoms with Crippen molar-refractivity contribution in [2.75, 3.05) is 5.32 Å². The van der Waals surface area contributed by atoms with Crippen molar-refractivity contribution in [2.45, 2.75) is 53.0 Å².